The van der Waals surface area contributed by atoms with Crippen LogP contribution in [0.1, 0.15) is 25.7 Å². The van der Waals surface area contributed by atoms with Gasteiger partial charge in [-0.15, -0.1) is 11.6 Å². The summed E-state index contributed by atoms with van der Waals surface area (Å²) in [6.45, 7) is 1.45. The van der Waals surface area contributed by atoms with E-state index in [-0.39, 0.29) is 11.9 Å². The molecule has 2 fully saturated rings. The van der Waals surface area contributed by atoms with E-state index in [2.05, 4.69) is 5.32 Å². The molecule has 0 radical (unpaired) electrons. The van der Waals surface area contributed by atoms with Crippen molar-refractivity contribution in [1.29, 1.82) is 0 Å². The number of amides is 1. The fraction of sp³-hybridized carbons (Fsp3) is 0.917. The molecule has 2 aliphatic rings. The normalized spacial score (nSPS) is 34.3. The van der Waals surface area contributed by atoms with Gasteiger partial charge in [0.2, 0.25) is 0 Å². The molecule has 1 amide bonds. The lowest BCUT2D eigenvalue weighted by Gasteiger charge is -2.32. The van der Waals surface area contributed by atoms with Gasteiger partial charge in [-0.1, -0.05) is 12.8 Å². The Kier molecular flexibility index (Phi) is 5.07. The molecular formula is C12H20ClNO3. The van der Waals surface area contributed by atoms with Crippen LogP contribution in [0, 0.1) is 5.92 Å². The van der Waals surface area contributed by atoms with Crippen LogP contribution in [-0.2, 0) is 14.3 Å². The minimum absolute atomic E-state index is 0.0493. The molecule has 3 atom stereocenters. The minimum atomic E-state index is -0.443. The zero-order chi connectivity index (χ0) is 12.1. The van der Waals surface area contributed by atoms with Crippen molar-refractivity contribution in [3.05, 3.63) is 0 Å². The number of hydrogen-bond acceptors (Lipinski definition) is 3. The van der Waals surface area contributed by atoms with E-state index in [1.54, 1.807) is 0 Å². The summed E-state index contributed by atoms with van der Waals surface area (Å²) >= 11 is 5.94. The molecule has 0 spiro atoms. The van der Waals surface area contributed by atoms with Crippen molar-refractivity contribution in [3.63, 3.8) is 0 Å². The zero-order valence-corrected chi connectivity index (χ0v) is 10.7. The van der Waals surface area contributed by atoms with E-state index in [0.717, 1.165) is 12.8 Å². The van der Waals surface area contributed by atoms with Crippen molar-refractivity contribution < 1.29 is 14.3 Å². The van der Waals surface area contributed by atoms with Gasteiger partial charge in [-0.25, -0.2) is 0 Å². The van der Waals surface area contributed by atoms with E-state index in [9.17, 15) is 4.79 Å². The predicted octanol–water partition coefficient (Wildman–Crippen LogP) is 1.32. The number of alkyl halides is 1. The van der Waals surface area contributed by atoms with Crippen LogP contribution in [0.15, 0.2) is 0 Å². The molecule has 1 aliphatic carbocycles. The molecule has 1 saturated heterocycles. The average molecular weight is 262 g/mol. The van der Waals surface area contributed by atoms with Gasteiger partial charge in [0.1, 0.15) is 0 Å². The van der Waals surface area contributed by atoms with Gasteiger partial charge in [0.15, 0.2) is 6.10 Å². The fourth-order valence-electron chi connectivity index (χ4n) is 2.50. The maximum absolute atomic E-state index is 12.0. The molecule has 0 aromatic rings. The van der Waals surface area contributed by atoms with E-state index < -0.39 is 6.10 Å². The van der Waals surface area contributed by atoms with Crippen molar-refractivity contribution in [2.24, 2.45) is 5.92 Å². The van der Waals surface area contributed by atoms with E-state index in [4.69, 9.17) is 21.1 Å². The van der Waals surface area contributed by atoms with Crippen LogP contribution in [0.4, 0.5) is 0 Å². The third-order valence-corrected chi connectivity index (χ3v) is 3.94. The third-order valence-electron chi connectivity index (χ3n) is 3.54. The highest BCUT2D eigenvalue weighted by atomic mass is 35.5. The predicted molar refractivity (Wildman–Crippen MR) is 65.2 cm³/mol. The largest absolute Gasteiger partial charge is 0.376 e. The molecule has 3 unspecified atom stereocenters. The van der Waals surface area contributed by atoms with Gasteiger partial charge in [0.05, 0.1) is 19.8 Å². The lowest BCUT2D eigenvalue weighted by Crippen LogP contribution is -2.50. The van der Waals surface area contributed by atoms with Gasteiger partial charge >= 0.3 is 0 Å². The van der Waals surface area contributed by atoms with Crippen LogP contribution < -0.4 is 5.32 Å². The Labute approximate surface area is 107 Å². The number of halogens is 1. The zero-order valence-electron chi connectivity index (χ0n) is 9.99. The van der Waals surface area contributed by atoms with Crippen LogP contribution in [0.5, 0.6) is 0 Å². The Hall–Kier alpha value is -0.320. The first-order valence-electron chi connectivity index (χ1n) is 6.37. The first-order valence-corrected chi connectivity index (χ1v) is 6.90. The molecule has 1 saturated carbocycles. The van der Waals surface area contributed by atoms with E-state index in [1.165, 1.54) is 12.8 Å². The van der Waals surface area contributed by atoms with E-state index >= 15 is 0 Å². The van der Waals surface area contributed by atoms with Gasteiger partial charge < -0.3 is 14.8 Å². The Bertz CT molecular complexity index is 256. The smallest absolute Gasteiger partial charge is 0.251 e. The summed E-state index contributed by atoms with van der Waals surface area (Å²) < 4.78 is 10.6. The molecule has 0 aromatic heterocycles. The molecule has 0 bridgehead atoms. The summed E-state index contributed by atoms with van der Waals surface area (Å²) in [5.41, 5.74) is 0. The molecule has 1 N–H and O–H groups in total. The highest BCUT2D eigenvalue weighted by Crippen LogP contribution is 2.25. The van der Waals surface area contributed by atoms with Crippen LogP contribution in [0.3, 0.4) is 0 Å². The number of carbonyl (C=O) groups excluding carboxylic acids is 1. The molecule has 98 valence electrons. The van der Waals surface area contributed by atoms with Crippen LogP contribution in [0.2, 0.25) is 0 Å². The molecule has 17 heavy (non-hydrogen) atoms. The Morgan fingerprint density at radius 1 is 1.29 bits per heavy atom. The van der Waals surface area contributed by atoms with E-state index in [0.29, 0.717) is 31.6 Å². The molecule has 5 heteroatoms. The first-order chi connectivity index (χ1) is 8.31. The molecule has 1 heterocycles. The number of carbonyl (C=O) groups is 1. The molecule has 1 aliphatic heterocycles. The summed E-state index contributed by atoms with van der Waals surface area (Å²) in [5.74, 6) is 0.970. The van der Waals surface area contributed by atoms with Gasteiger partial charge in [-0.2, -0.15) is 0 Å². The summed E-state index contributed by atoms with van der Waals surface area (Å²) in [4.78, 5) is 12.0. The van der Waals surface area contributed by atoms with Crippen LogP contribution in [0.25, 0.3) is 0 Å². The Morgan fingerprint density at radius 3 is 2.82 bits per heavy atom. The fourth-order valence-corrected chi connectivity index (χ4v) is 2.87. The lowest BCUT2D eigenvalue weighted by molar-refractivity contribution is -0.148. The topological polar surface area (TPSA) is 47.6 Å². The van der Waals surface area contributed by atoms with E-state index in [1.807, 2.05) is 0 Å². The average Bonchev–Trinajstić information content (AvgIpc) is 2.40. The van der Waals surface area contributed by atoms with Gasteiger partial charge in [0, 0.05) is 11.9 Å². The highest BCUT2D eigenvalue weighted by Gasteiger charge is 2.29. The number of rotatable bonds is 3. The van der Waals surface area contributed by atoms with Crippen molar-refractivity contribution in [2.45, 2.75) is 37.8 Å². The van der Waals surface area contributed by atoms with Crippen molar-refractivity contribution >= 4 is 17.5 Å². The molecule has 0 aromatic carbocycles. The summed E-state index contributed by atoms with van der Waals surface area (Å²) in [5, 5.41) is 3.06. The molecule has 2 rings (SSSR count). The second-order valence-electron chi connectivity index (χ2n) is 4.75. The summed E-state index contributed by atoms with van der Waals surface area (Å²) in [7, 11) is 0. The lowest BCUT2D eigenvalue weighted by atomic mass is 9.85. The monoisotopic (exact) mass is 261 g/mol. The summed E-state index contributed by atoms with van der Waals surface area (Å²) in [6.07, 6.45) is 4.07. The van der Waals surface area contributed by atoms with Crippen LogP contribution in [-0.4, -0.2) is 43.8 Å². The van der Waals surface area contributed by atoms with Gasteiger partial charge in [-0.3, -0.25) is 4.79 Å². The quantitative estimate of drug-likeness (QED) is 0.780. The maximum atomic E-state index is 12.0. The number of nitrogens with one attached hydrogen (secondary N) is 1. The summed E-state index contributed by atoms with van der Waals surface area (Å²) in [6, 6.07) is 0.208. The van der Waals surface area contributed by atoms with Crippen molar-refractivity contribution in [3.8, 4) is 0 Å². The first kappa shape index (κ1) is 13.1. The second-order valence-corrected chi connectivity index (χ2v) is 5.06. The molecular weight excluding hydrogens is 242 g/mol. The Balaban J connectivity index is 1.83. The SMILES string of the molecule is O=C(NC1CCCCC1CCl)C1COCCO1. The molecule has 4 nitrogen and oxygen atoms in total. The minimum Gasteiger partial charge on any atom is -0.376 e. The standard InChI is InChI=1S/C12H20ClNO3/c13-7-9-3-1-2-4-10(9)14-12(15)11-8-16-5-6-17-11/h9-11H,1-8H2,(H,14,15). The number of ether oxygens (including phenoxy) is 2. The van der Waals surface area contributed by atoms with Gasteiger partial charge in [-0.05, 0) is 18.8 Å². The highest BCUT2D eigenvalue weighted by molar-refractivity contribution is 6.18. The Morgan fingerprint density at radius 2 is 2.12 bits per heavy atom. The third kappa shape index (κ3) is 3.57. The van der Waals surface area contributed by atoms with Crippen molar-refractivity contribution in [1.82, 2.24) is 5.32 Å². The second kappa shape index (κ2) is 6.57. The number of hydrogen-bond donors (Lipinski definition) is 1. The maximum Gasteiger partial charge on any atom is 0.251 e. The van der Waals surface area contributed by atoms with Crippen LogP contribution >= 0.6 is 11.6 Å². The van der Waals surface area contributed by atoms with Crippen molar-refractivity contribution in [2.75, 3.05) is 25.7 Å². The van der Waals surface area contributed by atoms with Gasteiger partial charge in [0.25, 0.3) is 5.91 Å².